The summed E-state index contributed by atoms with van der Waals surface area (Å²) in [5.41, 5.74) is 25.7. The predicted molar refractivity (Wildman–Crippen MR) is 317 cm³/mol. The third-order valence-electron chi connectivity index (χ3n) is 11.0. The number of nitrogens with two attached hydrogens (primary N) is 3. The van der Waals surface area contributed by atoms with Crippen molar-refractivity contribution < 1.29 is 24.1 Å². The third kappa shape index (κ3) is 16.3. The Kier molecular flexibility index (Phi) is 20.9. The molecule has 10 rings (SSSR count). The lowest BCUT2D eigenvalue weighted by molar-refractivity contribution is -0.384. The van der Waals surface area contributed by atoms with Gasteiger partial charge in [0.2, 0.25) is 11.9 Å². The van der Waals surface area contributed by atoms with Crippen molar-refractivity contribution in [3.8, 4) is 0 Å². The molecule has 408 valence electrons. The summed E-state index contributed by atoms with van der Waals surface area (Å²) in [4.78, 5) is 70.4. The fourth-order valence-electron chi connectivity index (χ4n) is 7.35. The van der Waals surface area contributed by atoms with E-state index in [1.54, 1.807) is 122 Å². The molecule has 0 aliphatic rings. The molecule has 2 amide bonds. The summed E-state index contributed by atoms with van der Waals surface area (Å²) in [6.45, 7) is 3.68. The van der Waals surface area contributed by atoms with Crippen LogP contribution in [0.5, 0.6) is 0 Å². The summed E-state index contributed by atoms with van der Waals surface area (Å²) < 4.78 is 0. The van der Waals surface area contributed by atoms with Crippen molar-refractivity contribution in [2.24, 2.45) is 0 Å². The molecule has 0 atom stereocenters. The van der Waals surface area contributed by atoms with Gasteiger partial charge in [-0.15, -0.1) is 24.8 Å². The summed E-state index contributed by atoms with van der Waals surface area (Å²) in [5, 5.41) is 38.6. The summed E-state index contributed by atoms with van der Waals surface area (Å²) in [6, 6.07) is 44.0. The van der Waals surface area contributed by atoms with E-state index in [0.717, 1.165) is 28.5 Å². The van der Waals surface area contributed by atoms with Gasteiger partial charge in [0.05, 0.1) is 25.9 Å². The van der Waals surface area contributed by atoms with Gasteiger partial charge in [0, 0.05) is 122 Å². The van der Waals surface area contributed by atoms with Crippen molar-refractivity contribution in [2.75, 3.05) is 43.8 Å². The number of nitro groups is 2. The normalized spacial score (nSPS) is 10.1. The molecule has 0 radical (unpaired) electrons. The number of aromatic nitrogens is 6. The smallest absolute Gasteiger partial charge is 0.270 e. The summed E-state index contributed by atoms with van der Waals surface area (Å²) in [5.74, 6) is 1.15. The van der Waals surface area contributed by atoms with E-state index in [1.807, 2.05) is 38.1 Å². The van der Waals surface area contributed by atoms with E-state index in [4.69, 9.17) is 28.8 Å². The zero-order chi connectivity index (χ0) is 54.6. The van der Waals surface area contributed by atoms with Crippen LogP contribution in [0.3, 0.4) is 0 Å². The van der Waals surface area contributed by atoms with Crippen LogP contribution in [-0.4, -0.2) is 51.6 Å². The number of hydrogen-bond acceptors (Lipinski definition) is 18. The van der Waals surface area contributed by atoms with Crippen molar-refractivity contribution in [1.82, 2.24) is 29.9 Å². The average Bonchev–Trinajstić information content (AvgIpc) is 3.42. The first kappa shape index (κ1) is 60.5. The second kappa shape index (κ2) is 27.6. The van der Waals surface area contributed by atoms with Crippen LogP contribution < -0.4 is 43.8 Å². The highest BCUT2D eigenvalue weighted by atomic mass is 35.5. The Morgan fingerprint density at radius 1 is 0.487 bits per heavy atom. The van der Waals surface area contributed by atoms with E-state index < -0.39 is 9.85 Å². The monoisotopic (exact) mass is 1140 g/mol. The van der Waals surface area contributed by atoms with Crippen LogP contribution in [0.2, 0.25) is 5.02 Å². The van der Waals surface area contributed by atoms with Crippen molar-refractivity contribution >= 4 is 145 Å². The van der Waals surface area contributed by atoms with Crippen LogP contribution in [0.1, 0.15) is 32.1 Å². The molecule has 0 saturated heterocycles. The Morgan fingerprint density at radius 3 is 1.32 bits per heavy atom. The number of nitrogen functional groups attached to an aromatic ring is 3. The number of nitrogens with zero attached hydrogens (tertiary/aromatic N) is 8. The number of carbonyl (C=O) groups is 2. The lowest BCUT2D eigenvalue weighted by Crippen LogP contribution is -2.11. The molecular weight excluding hydrogens is 1090 g/mol. The molecule has 11 N–H and O–H groups in total. The zero-order valence-electron chi connectivity index (χ0n) is 42.0. The Bertz CT molecular complexity index is 3780. The molecule has 10 aromatic rings. The fraction of sp³-hybridized carbons (Fsp3) is 0.0370. The van der Waals surface area contributed by atoms with Gasteiger partial charge in [-0.25, -0.2) is 9.97 Å². The van der Waals surface area contributed by atoms with Gasteiger partial charge in [0.1, 0.15) is 11.6 Å². The van der Waals surface area contributed by atoms with E-state index in [9.17, 15) is 29.8 Å². The lowest BCUT2D eigenvalue weighted by Gasteiger charge is -2.11. The van der Waals surface area contributed by atoms with Crippen LogP contribution >= 0.6 is 36.4 Å². The first-order valence-electron chi connectivity index (χ1n) is 23.1. The minimum atomic E-state index is -0.456. The van der Waals surface area contributed by atoms with Gasteiger partial charge in [-0.1, -0.05) is 11.6 Å². The van der Waals surface area contributed by atoms with E-state index in [-0.39, 0.29) is 64.6 Å². The highest BCUT2D eigenvalue weighted by Crippen LogP contribution is 2.30. The lowest BCUT2D eigenvalue weighted by atomic mass is 10.1. The molecule has 0 fully saturated rings. The highest BCUT2D eigenvalue weighted by Gasteiger charge is 2.13. The molecule has 0 saturated carbocycles. The van der Waals surface area contributed by atoms with Crippen LogP contribution in [0, 0.1) is 34.1 Å². The highest BCUT2D eigenvalue weighted by molar-refractivity contribution is 6.35. The minimum Gasteiger partial charge on any atom is -0.399 e. The number of non-ortho nitro benzene ring substituents is 2. The number of nitro benzene ring substituents is 2. The molecule has 4 aromatic heterocycles. The van der Waals surface area contributed by atoms with Gasteiger partial charge in [-0.2, -0.15) is 9.97 Å². The van der Waals surface area contributed by atoms with E-state index in [0.29, 0.717) is 72.3 Å². The number of aryl methyl sites for hydroxylation is 2. The standard InChI is InChI=1S/C27H22N8O3.C18H18N6O.C9H5ClN2O2.2ClH.FH/c1-16-14-25(34-27(28)30-16)32-19-6-8-20(9-7-19)33-26(36)17-2-4-18(5-3-17)31-24-12-13-29-23-11-10-21(35(37)38)15-22(23)24;1-11-10-16(24-18(20)21-11)22-14-6-8-15(9-7-14)23-17(25)12-2-4-13(19)5-3-12;10-8-3-4-11-9-2-1-6(12(13)14)5-7(8)9;;;/h2-15H,1H3,(H,29,31)(H,33,36)(H3,28,30,32,34);2-10H,19H2,1H3,(H,23,25)(H3,20,21,22,24);1-5H;3*1H. The number of hydrogen-bond donors (Lipinski definition) is 8. The SMILES string of the molecule is Cc1cc(Nc2ccc(NC(=O)c3ccc(N)cc3)cc2)nc(N)n1.Cc1cc(Nc2ccc(NC(=O)c3ccc(Nc4ccnc5ccc([N+](=O)[O-])cc45)cc3)cc2)nc(N)n1.Cl.Cl.F.O=[N+]([O-])c1ccc2nccc(Cl)c2c1. The quantitative estimate of drug-likeness (QED) is 0.0320. The van der Waals surface area contributed by atoms with Crippen LogP contribution in [0.4, 0.5) is 79.4 Å². The van der Waals surface area contributed by atoms with Crippen molar-refractivity contribution in [2.45, 2.75) is 13.8 Å². The number of rotatable bonds is 12. The molecule has 0 aliphatic heterocycles. The number of carbonyl (C=O) groups excluding carboxylic acids is 2. The molecule has 0 spiro atoms. The topological polar surface area (TPSA) is 336 Å². The molecule has 0 aliphatic carbocycles. The van der Waals surface area contributed by atoms with E-state index in [1.165, 1.54) is 24.3 Å². The molecule has 80 heavy (non-hydrogen) atoms. The Hall–Kier alpha value is -10.4. The molecule has 0 bridgehead atoms. The second-order valence-corrected chi connectivity index (χ2v) is 17.1. The van der Waals surface area contributed by atoms with Gasteiger partial charge in [-0.05, 0) is 135 Å². The number of fused-ring (bicyclic) bond motifs is 2. The van der Waals surface area contributed by atoms with Crippen molar-refractivity contribution in [3.05, 3.63) is 218 Å². The molecular formula is C54H48Cl3FN16O6. The Morgan fingerprint density at radius 2 is 0.875 bits per heavy atom. The zero-order valence-corrected chi connectivity index (χ0v) is 44.4. The molecule has 6 aromatic carbocycles. The van der Waals surface area contributed by atoms with Crippen molar-refractivity contribution in [1.29, 1.82) is 0 Å². The fourth-order valence-corrected chi connectivity index (χ4v) is 7.56. The first-order valence-corrected chi connectivity index (χ1v) is 23.4. The third-order valence-corrected chi connectivity index (χ3v) is 11.3. The van der Waals surface area contributed by atoms with Crippen LogP contribution in [0.25, 0.3) is 21.8 Å². The van der Waals surface area contributed by atoms with Gasteiger partial charge < -0.3 is 43.8 Å². The summed E-state index contributed by atoms with van der Waals surface area (Å²) >= 11 is 5.87. The Labute approximate surface area is 472 Å². The van der Waals surface area contributed by atoms with Crippen LogP contribution in [-0.2, 0) is 0 Å². The van der Waals surface area contributed by atoms with Crippen molar-refractivity contribution in [3.63, 3.8) is 0 Å². The number of benzene rings is 6. The van der Waals surface area contributed by atoms with Gasteiger partial charge >= 0.3 is 0 Å². The Balaban J connectivity index is 0.000000241. The summed E-state index contributed by atoms with van der Waals surface area (Å²) in [6.07, 6.45) is 3.19. The molecule has 22 nitrogen and oxygen atoms in total. The maximum atomic E-state index is 12.8. The molecule has 4 heterocycles. The van der Waals surface area contributed by atoms with Gasteiger partial charge in [-0.3, -0.25) is 44.5 Å². The van der Waals surface area contributed by atoms with Gasteiger partial charge in [0.15, 0.2) is 0 Å². The average molecular weight is 1140 g/mol. The number of anilines is 11. The number of nitrogens with one attached hydrogen (secondary N) is 5. The number of halogens is 4. The van der Waals surface area contributed by atoms with Gasteiger partial charge in [0.25, 0.3) is 23.2 Å². The minimum absolute atomic E-state index is 0. The molecule has 0 unspecified atom stereocenters. The number of pyridine rings is 2. The molecule has 26 heteroatoms. The first-order chi connectivity index (χ1) is 37.0. The maximum Gasteiger partial charge on any atom is 0.270 e. The van der Waals surface area contributed by atoms with E-state index >= 15 is 0 Å². The largest absolute Gasteiger partial charge is 0.399 e. The maximum absolute atomic E-state index is 12.8. The van der Waals surface area contributed by atoms with Crippen LogP contribution in [0.15, 0.2) is 170 Å². The second-order valence-electron chi connectivity index (χ2n) is 16.7. The number of amides is 2. The summed E-state index contributed by atoms with van der Waals surface area (Å²) in [7, 11) is 0. The van der Waals surface area contributed by atoms with E-state index in [2.05, 4.69) is 56.5 Å². The predicted octanol–water partition coefficient (Wildman–Crippen LogP) is 12.3.